The number of nitrogens with zero attached hydrogens (tertiary/aromatic N) is 4. The van der Waals surface area contributed by atoms with E-state index in [2.05, 4.69) is 17.0 Å². The fraction of sp³-hybridized carbons (Fsp3) is 0.381. The zero-order valence-corrected chi connectivity index (χ0v) is 18.4. The summed E-state index contributed by atoms with van der Waals surface area (Å²) in [5.41, 5.74) is 1.62. The van der Waals surface area contributed by atoms with Crippen LogP contribution >= 0.6 is 11.3 Å². The van der Waals surface area contributed by atoms with Crippen molar-refractivity contribution in [3.8, 4) is 10.6 Å². The van der Waals surface area contributed by atoms with Gasteiger partial charge in [-0.2, -0.15) is 9.40 Å². The molecule has 1 fully saturated rings. The van der Waals surface area contributed by atoms with Gasteiger partial charge in [0.1, 0.15) is 10.6 Å². The molecule has 154 valence electrons. The number of rotatable bonds is 6. The molecule has 3 aromatic rings. The number of aromatic nitrogens is 2. The average Bonchev–Trinajstić information content (AvgIpc) is 3.39. The van der Waals surface area contributed by atoms with Crippen molar-refractivity contribution in [2.24, 2.45) is 0 Å². The van der Waals surface area contributed by atoms with Gasteiger partial charge in [-0.3, -0.25) is 4.68 Å². The number of likely N-dealkylation sites (tertiary alicyclic amines) is 1. The lowest BCUT2D eigenvalue weighted by Gasteiger charge is -2.34. The summed E-state index contributed by atoms with van der Waals surface area (Å²) in [5, 5.41) is 6.61. The smallest absolute Gasteiger partial charge is 0.246 e. The van der Waals surface area contributed by atoms with E-state index in [0.29, 0.717) is 12.2 Å². The molecule has 0 saturated carbocycles. The van der Waals surface area contributed by atoms with E-state index in [-0.39, 0.29) is 10.9 Å². The van der Waals surface area contributed by atoms with Crippen molar-refractivity contribution in [3.05, 3.63) is 59.6 Å². The Morgan fingerprint density at radius 3 is 2.52 bits per heavy atom. The number of hydrogen-bond donors (Lipinski definition) is 0. The highest BCUT2D eigenvalue weighted by molar-refractivity contribution is 7.89. The Morgan fingerprint density at radius 1 is 1.14 bits per heavy atom. The Morgan fingerprint density at radius 2 is 1.86 bits per heavy atom. The van der Waals surface area contributed by atoms with E-state index in [1.807, 2.05) is 47.8 Å². The minimum atomic E-state index is -3.65. The van der Waals surface area contributed by atoms with Crippen LogP contribution in [0, 0.1) is 0 Å². The normalized spacial score (nSPS) is 16.5. The van der Waals surface area contributed by atoms with Gasteiger partial charge in [-0.1, -0.05) is 36.4 Å². The summed E-state index contributed by atoms with van der Waals surface area (Å²) in [6, 6.07) is 13.8. The van der Waals surface area contributed by atoms with Gasteiger partial charge in [0.25, 0.3) is 0 Å². The van der Waals surface area contributed by atoms with E-state index in [9.17, 15) is 8.42 Å². The molecule has 1 aromatic carbocycles. The summed E-state index contributed by atoms with van der Waals surface area (Å²) in [7, 11) is 0.137. The summed E-state index contributed by atoms with van der Waals surface area (Å²) in [6.07, 6.45) is 3.38. The molecule has 0 atom stereocenters. The van der Waals surface area contributed by atoms with Gasteiger partial charge >= 0.3 is 0 Å². The van der Waals surface area contributed by atoms with Gasteiger partial charge in [0.05, 0.1) is 11.4 Å². The van der Waals surface area contributed by atoms with Crippen LogP contribution in [0.15, 0.2) is 58.9 Å². The van der Waals surface area contributed by atoms with Crippen LogP contribution in [0.5, 0.6) is 0 Å². The van der Waals surface area contributed by atoms with Gasteiger partial charge in [0, 0.05) is 19.3 Å². The zero-order valence-electron chi connectivity index (χ0n) is 16.7. The molecule has 2 aromatic heterocycles. The van der Waals surface area contributed by atoms with Crippen LogP contribution in [-0.4, -0.2) is 60.6 Å². The molecular weight excluding hydrogens is 404 g/mol. The van der Waals surface area contributed by atoms with Gasteiger partial charge in [-0.05, 0) is 50.0 Å². The van der Waals surface area contributed by atoms with Gasteiger partial charge in [-0.25, -0.2) is 8.42 Å². The van der Waals surface area contributed by atoms with Crippen molar-refractivity contribution in [1.82, 2.24) is 19.0 Å². The Hall–Kier alpha value is -2.00. The maximum Gasteiger partial charge on any atom is 0.246 e. The Labute approximate surface area is 176 Å². The SMILES string of the molecule is CN1CCC(N(C)S(=O)(=O)c2cn(Cc3ccccc3)nc2-c2cccs2)CC1. The first-order valence-corrected chi connectivity index (χ1v) is 12.1. The molecule has 0 radical (unpaired) electrons. The van der Waals surface area contributed by atoms with Crippen LogP contribution in [-0.2, 0) is 16.6 Å². The Kier molecular flexibility index (Phi) is 5.87. The van der Waals surface area contributed by atoms with E-state index < -0.39 is 10.0 Å². The lowest BCUT2D eigenvalue weighted by Crippen LogP contribution is -2.44. The van der Waals surface area contributed by atoms with Gasteiger partial charge < -0.3 is 4.90 Å². The quantitative estimate of drug-likeness (QED) is 0.602. The molecule has 8 heteroatoms. The minimum Gasteiger partial charge on any atom is -0.306 e. The molecule has 0 spiro atoms. The molecule has 0 amide bonds. The maximum atomic E-state index is 13.6. The highest BCUT2D eigenvalue weighted by atomic mass is 32.2. The third-order valence-electron chi connectivity index (χ3n) is 5.53. The fourth-order valence-electron chi connectivity index (χ4n) is 3.74. The molecule has 3 heterocycles. The van der Waals surface area contributed by atoms with Crippen LogP contribution in [0.3, 0.4) is 0 Å². The summed E-state index contributed by atoms with van der Waals surface area (Å²) < 4.78 is 30.4. The van der Waals surface area contributed by atoms with Crippen molar-refractivity contribution >= 4 is 21.4 Å². The summed E-state index contributed by atoms with van der Waals surface area (Å²) in [6.45, 7) is 2.36. The summed E-state index contributed by atoms with van der Waals surface area (Å²) in [5.74, 6) is 0. The van der Waals surface area contributed by atoms with Crippen LogP contribution in [0.4, 0.5) is 0 Å². The van der Waals surface area contributed by atoms with Crippen LogP contribution in [0.25, 0.3) is 10.6 Å². The third-order valence-corrected chi connectivity index (χ3v) is 8.32. The number of piperidine rings is 1. The van der Waals surface area contributed by atoms with Crippen molar-refractivity contribution in [2.75, 3.05) is 27.2 Å². The number of sulfonamides is 1. The molecule has 0 N–H and O–H groups in total. The molecule has 1 aliphatic rings. The Bertz CT molecular complexity index is 1040. The summed E-state index contributed by atoms with van der Waals surface area (Å²) >= 11 is 1.51. The standard InChI is InChI=1S/C21H26N4O2S2/c1-23-12-10-18(11-13-23)24(2)29(26,27)20-16-25(15-17-7-4-3-5-8-17)22-21(20)19-9-6-14-28-19/h3-9,14,16,18H,10-13,15H2,1-2H3. The van der Waals surface area contributed by atoms with Gasteiger partial charge in [0.15, 0.2) is 0 Å². The number of benzene rings is 1. The third kappa shape index (κ3) is 4.30. The minimum absolute atomic E-state index is 0.0184. The number of thiophene rings is 1. The molecule has 0 bridgehead atoms. The monoisotopic (exact) mass is 430 g/mol. The van der Waals surface area contributed by atoms with Crippen LogP contribution in [0.2, 0.25) is 0 Å². The van der Waals surface area contributed by atoms with Crippen molar-refractivity contribution in [1.29, 1.82) is 0 Å². The van der Waals surface area contributed by atoms with E-state index >= 15 is 0 Å². The maximum absolute atomic E-state index is 13.6. The molecule has 29 heavy (non-hydrogen) atoms. The number of hydrogen-bond acceptors (Lipinski definition) is 5. The second-order valence-corrected chi connectivity index (χ2v) is 10.5. The van der Waals surface area contributed by atoms with Crippen molar-refractivity contribution in [3.63, 3.8) is 0 Å². The first-order chi connectivity index (χ1) is 13.9. The van der Waals surface area contributed by atoms with E-state index in [1.165, 1.54) is 11.3 Å². The Balaban J connectivity index is 1.69. The van der Waals surface area contributed by atoms with Gasteiger partial charge in [-0.15, -0.1) is 11.3 Å². The van der Waals surface area contributed by atoms with E-state index in [1.54, 1.807) is 22.2 Å². The molecule has 1 saturated heterocycles. The van der Waals surface area contributed by atoms with E-state index in [4.69, 9.17) is 0 Å². The predicted octanol–water partition coefficient (Wildman–Crippen LogP) is 3.37. The first kappa shape index (κ1) is 20.3. The van der Waals surface area contributed by atoms with Gasteiger partial charge in [0.2, 0.25) is 10.0 Å². The second-order valence-electron chi connectivity index (χ2n) is 7.56. The second kappa shape index (κ2) is 8.39. The molecule has 1 aliphatic heterocycles. The molecule has 6 nitrogen and oxygen atoms in total. The first-order valence-electron chi connectivity index (χ1n) is 9.77. The molecule has 4 rings (SSSR count). The zero-order chi connectivity index (χ0) is 20.4. The average molecular weight is 431 g/mol. The van der Waals surface area contributed by atoms with E-state index in [0.717, 1.165) is 36.4 Å². The van der Waals surface area contributed by atoms with Crippen molar-refractivity contribution in [2.45, 2.75) is 30.3 Å². The van der Waals surface area contributed by atoms with Crippen LogP contribution in [0.1, 0.15) is 18.4 Å². The van der Waals surface area contributed by atoms with Crippen LogP contribution < -0.4 is 0 Å². The highest BCUT2D eigenvalue weighted by Gasteiger charge is 2.33. The van der Waals surface area contributed by atoms with Crippen molar-refractivity contribution < 1.29 is 8.42 Å². The predicted molar refractivity (Wildman–Crippen MR) is 117 cm³/mol. The highest BCUT2D eigenvalue weighted by Crippen LogP contribution is 2.32. The fourth-order valence-corrected chi connectivity index (χ4v) is 6.09. The molecule has 0 aliphatic carbocycles. The summed E-state index contributed by atoms with van der Waals surface area (Å²) in [4.78, 5) is 3.40. The lowest BCUT2D eigenvalue weighted by atomic mass is 10.1. The topological polar surface area (TPSA) is 58.4 Å². The lowest BCUT2D eigenvalue weighted by molar-refractivity contribution is 0.197. The molecular formula is C21H26N4O2S2. The molecule has 0 unspecified atom stereocenters. The largest absolute Gasteiger partial charge is 0.306 e.